The van der Waals surface area contributed by atoms with E-state index in [1.165, 1.54) is 4.90 Å². The number of likely N-dealkylation sites (N-methyl/N-ethyl adjacent to an activating group) is 1. The van der Waals surface area contributed by atoms with Crippen molar-refractivity contribution in [2.75, 3.05) is 25.4 Å². The van der Waals surface area contributed by atoms with Crippen LogP contribution in [0.2, 0.25) is 0 Å². The van der Waals surface area contributed by atoms with Crippen molar-refractivity contribution < 1.29 is 9.90 Å². The minimum Gasteiger partial charge on any atom is -0.395 e. The summed E-state index contributed by atoms with van der Waals surface area (Å²) in [5.74, 6) is -0.0563. The molecule has 96 valence electrons. The lowest BCUT2D eigenvalue weighted by molar-refractivity contribution is 0.0727. The summed E-state index contributed by atoms with van der Waals surface area (Å²) in [4.78, 5) is 13.6. The third-order valence-electron chi connectivity index (χ3n) is 2.65. The summed E-state index contributed by atoms with van der Waals surface area (Å²) in [5.41, 5.74) is 7.31. The molecule has 1 amide bonds. The molecule has 0 radical (unpaired) electrons. The highest BCUT2D eigenvalue weighted by Gasteiger charge is 2.22. The zero-order chi connectivity index (χ0) is 13.0. The highest BCUT2D eigenvalue weighted by atomic mass is 16.3. The van der Waals surface area contributed by atoms with Crippen molar-refractivity contribution in [1.29, 1.82) is 0 Å². The monoisotopic (exact) mass is 240 g/mol. The Bertz CT molecular complexity index is 387. The van der Waals surface area contributed by atoms with Crippen LogP contribution in [0.1, 0.15) is 42.9 Å². The Morgan fingerprint density at radius 3 is 2.65 bits per heavy atom. The molecule has 1 aromatic heterocycles. The van der Waals surface area contributed by atoms with E-state index in [4.69, 9.17) is 10.8 Å². The van der Waals surface area contributed by atoms with E-state index in [1.807, 2.05) is 20.8 Å². The number of hydrogen-bond donors (Lipinski definition) is 3. The van der Waals surface area contributed by atoms with Crippen LogP contribution in [0.25, 0.3) is 0 Å². The Morgan fingerprint density at radius 1 is 1.59 bits per heavy atom. The highest BCUT2D eigenvalue weighted by molar-refractivity contribution is 5.97. The van der Waals surface area contributed by atoms with E-state index in [0.29, 0.717) is 18.8 Å². The molecule has 0 aliphatic rings. The number of amides is 1. The van der Waals surface area contributed by atoms with Gasteiger partial charge in [-0.2, -0.15) is 5.10 Å². The van der Waals surface area contributed by atoms with Crippen LogP contribution < -0.4 is 5.73 Å². The molecule has 0 aliphatic heterocycles. The largest absolute Gasteiger partial charge is 0.395 e. The van der Waals surface area contributed by atoms with Crippen molar-refractivity contribution >= 4 is 11.6 Å². The second-order valence-electron chi connectivity index (χ2n) is 4.16. The number of H-pyrrole nitrogens is 1. The molecule has 0 saturated heterocycles. The first-order valence-electron chi connectivity index (χ1n) is 5.76. The topological polar surface area (TPSA) is 95.2 Å². The molecular weight excluding hydrogens is 220 g/mol. The normalized spacial score (nSPS) is 10.9. The minimum absolute atomic E-state index is 0.0685. The molecule has 0 saturated carbocycles. The summed E-state index contributed by atoms with van der Waals surface area (Å²) in [6.07, 6.45) is 0. The Morgan fingerprint density at radius 2 is 2.24 bits per heavy atom. The van der Waals surface area contributed by atoms with Crippen molar-refractivity contribution in [3.63, 3.8) is 0 Å². The Labute approximate surface area is 101 Å². The van der Waals surface area contributed by atoms with Gasteiger partial charge in [-0.1, -0.05) is 13.8 Å². The number of nitrogens with two attached hydrogens (primary N) is 1. The molecule has 0 unspecified atom stereocenters. The summed E-state index contributed by atoms with van der Waals surface area (Å²) in [6.45, 7) is 6.54. The first-order valence-corrected chi connectivity index (χ1v) is 5.76. The molecule has 1 aromatic rings. The third-order valence-corrected chi connectivity index (χ3v) is 2.65. The van der Waals surface area contributed by atoms with Gasteiger partial charge >= 0.3 is 0 Å². The lowest BCUT2D eigenvalue weighted by atomic mass is 10.1. The lowest BCUT2D eigenvalue weighted by Gasteiger charge is -2.18. The van der Waals surface area contributed by atoms with Crippen LogP contribution in [0.15, 0.2) is 0 Å². The predicted octanol–water partition coefficient (Wildman–Crippen LogP) is 0.570. The number of rotatable bonds is 5. The Kier molecular flexibility index (Phi) is 4.51. The van der Waals surface area contributed by atoms with Gasteiger partial charge in [0.15, 0.2) is 5.69 Å². The van der Waals surface area contributed by atoms with Crippen molar-refractivity contribution in [3.05, 3.63) is 11.4 Å². The maximum absolute atomic E-state index is 12.1. The van der Waals surface area contributed by atoms with Crippen LogP contribution in [-0.2, 0) is 0 Å². The zero-order valence-electron chi connectivity index (χ0n) is 10.5. The van der Waals surface area contributed by atoms with E-state index < -0.39 is 0 Å². The average molecular weight is 240 g/mol. The molecule has 1 heterocycles. The van der Waals surface area contributed by atoms with Gasteiger partial charge in [0.05, 0.1) is 18.0 Å². The summed E-state index contributed by atoms with van der Waals surface area (Å²) in [6, 6.07) is 0. The first kappa shape index (κ1) is 13.5. The van der Waals surface area contributed by atoms with Crippen molar-refractivity contribution in [2.45, 2.75) is 26.7 Å². The van der Waals surface area contributed by atoms with Crippen LogP contribution in [0, 0.1) is 0 Å². The highest BCUT2D eigenvalue weighted by Crippen LogP contribution is 2.22. The molecule has 1 rings (SSSR count). The van der Waals surface area contributed by atoms with Gasteiger partial charge in [-0.3, -0.25) is 9.89 Å². The van der Waals surface area contributed by atoms with Crippen LogP contribution in [0.4, 0.5) is 5.69 Å². The van der Waals surface area contributed by atoms with Crippen LogP contribution in [0.3, 0.4) is 0 Å². The Balaban J connectivity index is 2.96. The summed E-state index contributed by atoms with van der Waals surface area (Å²) >= 11 is 0. The Hall–Kier alpha value is -1.56. The third kappa shape index (κ3) is 2.76. The number of carbonyl (C=O) groups is 1. The van der Waals surface area contributed by atoms with Gasteiger partial charge < -0.3 is 15.7 Å². The number of aliphatic hydroxyl groups is 1. The first-order chi connectivity index (χ1) is 8.02. The number of aromatic amines is 1. The second kappa shape index (κ2) is 5.67. The van der Waals surface area contributed by atoms with Crippen molar-refractivity contribution in [2.24, 2.45) is 0 Å². The van der Waals surface area contributed by atoms with Crippen LogP contribution in [0.5, 0.6) is 0 Å². The number of nitrogens with zero attached hydrogens (tertiary/aromatic N) is 2. The quantitative estimate of drug-likeness (QED) is 0.701. The van der Waals surface area contributed by atoms with Gasteiger partial charge in [-0.05, 0) is 12.8 Å². The van der Waals surface area contributed by atoms with Gasteiger partial charge in [0, 0.05) is 13.1 Å². The summed E-state index contributed by atoms with van der Waals surface area (Å²) < 4.78 is 0. The van der Waals surface area contributed by atoms with E-state index in [9.17, 15) is 4.79 Å². The number of aromatic nitrogens is 2. The number of aliphatic hydroxyl groups excluding tert-OH is 1. The maximum atomic E-state index is 12.1. The van der Waals surface area contributed by atoms with E-state index in [-0.39, 0.29) is 24.1 Å². The number of carbonyl (C=O) groups excluding carboxylic acids is 1. The molecule has 0 spiro atoms. The maximum Gasteiger partial charge on any atom is 0.276 e. The minimum atomic E-state index is -0.248. The summed E-state index contributed by atoms with van der Waals surface area (Å²) in [5, 5.41) is 15.6. The van der Waals surface area contributed by atoms with Gasteiger partial charge in [0.25, 0.3) is 5.91 Å². The molecule has 6 nitrogen and oxygen atoms in total. The zero-order valence-corrected chi connectivity index (χ0v) is 10.5. The van der Waals surface area contributed by atoms with Gasteiger partial charge in [-0.15, -0.1) is 0 Å². The standard InChI is InChI=1S/C11H20N4O2/c1-4-15(5-6-16)11(17)10-8(12)9(7(2)3)13-14-10/h7,16H,4-6,12H2,1-3H3,(H,13,14). The average Bonchev–Trinajstić information content (AvgIpc) is 2.67. The van der Waals surface area contributed by atoms with Crippen molar-refractivity contribution in [1.82, 2.24) is 15.1 Å². The number of hydrogen-bond acceptors (Lipinski definition) is 4. The van der Waals surface area contributed by atoms with Gasteiger partial charge in [-0.25, -0.2) is 0 Å². The fourth-order valence-corrected chi connectivity index (χ4v) is 1.64. The molecule has 0 aliphatic carbocycles. The molecule has 0 fully saturated rings. The van der Waals surface area contributed by atoms with Crippen LogP contribution >= 0.6 is 0 Å². The number of nitrogens with one attached hydrogen (secondary N) is 1. The smallest absolute Gasteiger partial charge is 0.276 e. The second-order valence-corrected chi connectivity index (χ2v) is 4.16. The van der Waals surface area contributed by atoms with E-state index >= 15 is 0 Å². The molecular formula is C11H20N4O2. The SMILES string of the molecule is CCN(CCO)C(=O)c1n[nH]c(C(C)C)c1N. The number of anilines is 1. The van der Waals surface area contributed by atoms with Gasteiger partial charge in [0.1, 0.15) is 0 Å². The molecule has 0 aromatic carbocycles. The number of nitrogen functional groups attached to an aromatic ring is 1. The van der Waals surface area contributed by atoms with E-state index in [1.54, 1.807) is 0 Å². The van der Waals surface area contributed by atoms with Crippen LogP contribution in [-0.4, -0.2) is 45.8 Å². The lowest BCUT2D eigenvalue weighted by Crippen LogP contribution is -2.34. The molecule has 6 heteroatoms. The predicted molar refractivity (Wildman–Crippen MR) is 65.8 cm³/mol. The van der Waals surface area contributed by atoms with Crippen molar-refractivity contribution in [3.8, 4) is 0 Å². The molecule has 0 atom stereocenters. The fourth-order valence-electron chi connectivity index (χ4n) is 1.64. The van der Waals surface area contributed by atoms with E-state index in [0.717, 1.165) is 5.69 Å². The summed E-state index contributed by atoms with van der Waals surface area (Å²) in [7, 11) is 0. The fraction of sp³-hybridized carbons (Fsp3) is 0.636. The molecule has 17 heavy (non-hydrogen) atoms. The van der Waals surface area contributed by atoms with E-state index in [2.05, 4.69) is 10.2 Å². The molecule has 4 N–H and O–H groups in total. The molecule has 0 bridgehead atoms. The van der Waals surface area contributed by atoms with Gasteiger partial charge in [0.2, 0.25) is 0 Å².